The Kier molecular flexibility index (Phi) is 44.2. The third-order valence-corrected chi connectivity index (χ3v) is 11.2. The fraction of sp³-hybridized carbons (Fsp3) is 0.808. The van der Waals surface area contributed by atoms with Crippen molar-refractivity contribution in [3.8, 4) is 0 Å². The number of hydrogen-bond acceptors (Lipinski definition) is 5. The molecule has 0 aliphatic rings. The summed E-state index contributed by atoms with van der Waals surface area (Å²) >= 11 is 0. The number of hydrogen-bond donors (Lipinski definition) is 3. The van der Waals surface area contributed by atoms with Crippen LogP contribution in [0.4, 0.5) is 0 Å². The van der Waals surface area contributed by atoms with Gasteiger partial charge in [-0.2, -0.15) is 0 Å². The molecule has 0 aliphatic heterocycles. The molecule has 0 aromatic heterocycles. The van der Waals surface area contributed by atoms with Gasteiger partial charge in [0, 0.05) is 6.42 Å². The van der Waals surface area contributed by atoms with Crippen LogP contribution < -0.4 is 5.32 Å². The highest BCUT2D eigenvalue weighted by molar-refractivity contribution is 5.77. The number of esters is 1. The van der Waals surface area contributed by atoms with E-state index in [0.717, 1.165) is 77.0 Å². The van der Waals surface area contributed by atoms with Gasteiger partial charge in [-0.15, -0.1) is 0 Å². The van der Waals surface area contributed by atoms with E-state index in [1.54, 1.807) is 0 Å². The second kappa shape index (κ2) is 45.9. The number of carbonyl (C=O) groups is 2. The number of amides is 1. The molecule has 0 aliphatic carbocycles. The number of nitrogens with one attached hydrogen (secondary N) is 1. The minimum absolute atomic E-state index is 0.0418. The van der Waals surface area contributed by atoms with Crippen molar-refractivity contribution in [1.82, 2.24) is 5.32 Å². The zero-order valence-corrected chi connectivity index (χ0v) is 38.4. The second-order valence-corrected chi connectivity index (χ2v) is 16.8. The molecule has 0 aromatic rings. The van der Waals surface area contributed by atoms with Gasteiger partial charge >= 0.3 is 5.97 Å². The first-order chi connectivity index (χ1) is 28.5. The molecule has 3 unspecified atom stereocenters. The minimum Gasteiger partial charge on any atom is -0.462 e. The molecule has 0 aromatic carbocycles. The smallest absolute Gasteiger partial charge is 0.306 e. The highest BCUT2D eigenvalue weighted by Gasteiger charge is 2.24. The monoisotopic (exact) mass is 814 g/mol. The number of aliphatic hydroxyl groups is 2. The summed E-state index contributed by atoms with van der Waals surface area (Å²) in [6, 6.07) is -0.716. The van der Waals surface area contributed by atoms with Crippen LogP contribution in [0, 0.1) is 0 Å². The van der Waals surface area contributed by atoms with Crippen molar-refractivity contribution in [1.29, 1.82) is 0 Å². The normalized spacial score (nSPS) is 13.7. The van der Waals surface area contributed by atoms with Crippen molar-refractivity contribution in [3.05, 3.63) is 48.6 Å². The molecule has 1 amide bonds. The van der Waals surface area contributed by atoms with Gasteiger partial charge in [0.15, 0.2) is 0 Å². The Bertz CT molecular complexity index is 1000. The molecule has 3 atom stereocenters. The Morgan fingerprint density at radius 3 is 1.38 bits per heavy atom. The second-order valence-electron chi connectivity index (χ2n) is 16.8. The number of ether oxygens (including phenoxy) is 1. The minimum atomic E-state index is -0.800. The first-order valence-corrected chi connectivity index (χ1v) is 24.9. The van der Waals surface area contributed by atoms with E-state index in [0.29, 0.717) is 19.3 Å². The van der Waals surface area contributed by atoms with Gasteiger partial charge in [-0.3, -0.25) is 9.59 Å². The molecule has 0 saturated heterocycles. The third-order valence-electron chi connectivity index (χ3n) is 11.2. The number of carbonyl (C=O) groups excluding carboxylic acids is 2. The standard InChI is InChI=1S/C52H95NO5/c1-4-7-10-13-16-19-22-24-26-28-30-32-35-38-41-44-50(55)49(47-54)53-51(56)46-48(58-52(57)45-42-39-36-33-21-18-15-12-9-6-3)43-40-37-34-31-29-27-25-23-20-17-14-11-8-5-2/h8,11,17,20,25,27,31,34,48-50,54-55H,4-7,9-10,12-16,18-19,21-24,26,28-30,32-33,35-47H2,1-3H3,(H,53,56)/b11-8+,20-17+,27-25+,34-31+. The summed E-state index contributed by atoms with van der Waals surface area (Å²) < 4.78 is 5.88. The van der Waals surface area contributed by atoms with Crippen LogP contribution in [0.1, 0.15) is 245 Å². The first-order valence-electron chi connectivity index (χ1n) is 24.9. The van der Waals surface area contributed by atoms with E-state index in [1.807, 2.05) is 0 Å². The Morgan fingerprint density at radius 2 is 0.931 bits per heavy atom. The predicted molar refractivity (Wildman–Crippen MR) is 250 cm³/mol. The van der Waals surface area contributed by atoms with Crippen LogP contribution in [-0.2, 0) is 14.3 Å². The zero-order valence-electron chi connectivity index (χ0n) is 38.4. The Labute approximate surface area is 359 Å². The average Bonchev–Trinajstić information content (AvgIpc) is 3.22. The molecule has 0 heterocycles. The molecule has 3 N–H and O–H groups in total. The molecule has 6 nitrogen and oxygen atoms in total. The maximum atomic E-state index is 13.2. The summed E-state index contributed by atoms with van der Waals surface area (Å²) in [4.78, 5) is 26.0. The lowest BCUT2D eigenvalue weighted by Gasteiger charge is -2.24. The van der Waals surface area contributed by atoms with Crippen LogP contribution in [0.15, 0.2) is 48.6 Å². The molecule has 338 valence electrons. The highest BCUT2D eigenvalue weighted by atomic mass is 16.5. The predicted octanol–water partition coefficient (Wildman–Crippen LogP) is 14.7. The number of allylic oxidation sites excluding steroid dienone is 8. The van der Waals surface area contributed by atoms with Gasteiger partial charge < -0.3 is 20.3 Å². The lowest BCUT2D eigenvalue weighted by Crippen LogP contribution is -2.46. The van der Waals surface area contributed by atoms with Crippen LogP contribution in [0.5, 0.6) is 0 Å². The molecule has 6 heteroatoms. The number of rotatable bonds is 44. The fourth-order valence-corrected chi connectivity index (χ4v) is 7.43. The van der Waals surface area contributed by atoms with Crippen LogP contribution in [-0.4, -0.2) is 46.9 Å². The van der Waals surface area contributed by atoms with Crippen LogP contribution in [0.2, 0.25) is 0 Å². The SMILES string of the molecule is CC/C=C/C/C=C/C/C=C/C/C=C/CCCC(CC(=O)NC(CO)C(O)CCCCCCCCCCCCCCCCC)OC(=O)CCCCCCCCCCCC. The highest BCUT2D eigenvalue weighted by Crippen LogP contribution is 2.17. The lowest BCUT2D eigenvalue weighted by atomic mass is 10.0. The van der Waals surface area contributed by atoms with E-state index in [1.165, 1.54) is 122 Å². The van der Waals surface area contributed by atoms with Crippen molar-refractivity contribution >= 4 is 11.9 Å². The van der Waals surface area contributed by atoms with E-state index in [2.05, 4.69) is 74.7 Å². The molecule has 0 rings (SSSR count). The van der Waals surface area contributed by atoms with Gasteiger partial charge in [-0.1, -0.05) is 223 Å². The average molecular weight is 814 g/mol. The van der Waals surface area contributed by atoms with Gasteiger partial charge in [0.1, 0.15) is 6.10 Å². The Balaban J connectivity index is 4.61. The summed E-state index contributed by atoms with van der Waals surface area (Å²) in [6.45, 7) is 6.34. The quantitative estimate of drug-likeness (QED) is 0.0323. The van der Waals surface area contributed by atoms with Crippen molar-refractivity contribution in [2.24, 2.45) is 0 Å². The van der Waals surface area contributed by atoms with Crippen LogP contribution in [0.3, 0.4) is 0 Å². The Hall–Kier alpha value is -2.18. The lowest BCUT2D eigenvalue weighted by molar-refractivity contribution is -0.151. The molecule has 0 fully saturated rings. The Morgan fingerprint density at radius 1 is 0.517 bits per heavy atom. The number of unbranched alkanes of at least 4 members (excludes halogenated alkanes) is 24. The maximum Gasteiger partial charge on any atom is 0.306 e. The molecule has 0 radical (unpaired) electrons. The van der Waals surface area contributed by atoms with Gasteiger partial charge in [-0.05, 0) is 57.8 Å². The van der Waals surface area contributed by atoms with E-state index in [-0.39, 0.29) is 24.9 Å². The molecule has 0 bridgehead atoms. The summed E-state index contributed by atoms with van der Waals surface area (Å²) in [5.74, 6) is -0.525. The van der Waals surface area contributed by atoms with Crippen molar-refractivity contribution < 1.29 is 24.5 Å². The summed E-state index contributed by atoms with van der Waals surface area (Å²) in [6.07, 6.45) is 54.6. The van der Waals surface area contributed by atoms with E-state index in [4.69, 9.17) is 4.74 Å². The van der Waals surface area contributed by atoms with Gasteiger partial charge in [0.05, 0.1) is 25.2 Å². The van der Waals surface area contributed by atoms with Crippen molar-refractivity contribution in [2.75, 3.05) is 6.61 Å². The molecule has 58 heavy (non-hydrogen) atoms. The molecular formula is C52H95NO5. The topological polar surface area (TPSA) is 95.9 Å². The molecule has 0 spiro atoms. The first kappa shape index (κ1) is 55.8. The van der Waals surface area contributed by atoms with Gasteiger partial charge in [-0.25, -0.2) is 0 Å². The molecule has 0 saturated carbocycles. The fourth-order valence-electron chi connectivity index (χ4n) is 7.43. The van der Waals surface area contributed by atoms with Gasteiger partial charge in [0.25, 0.3) is 0 Å². The van der Waals surface area contributed by atoms with Crippen LogP contribution >= 0.6 is 0 Å². The van der Waals surface area contributed by atoms with E-state index in [9.17, 15) is 19.8 Å². The summed E-state index contributed by atoms with van der Waals surface area (Å²) in [7, 11) is 0. The van der Waals surface area contributed by atoms with E-state index >= 15 is 0 Å². The van der Waals surface area contributed by atoms with E-state index < -0.39 is 18.2 Å². The number of aliphatic hydroxyl groups excluding tert-OH is 2. The molecular weight excluding hydrogens is 719 g/mol. The van der Waals surface area contributed by atoms with Gasteiger partial charge in [0.2, 0.25) is 5.91 Å². The van der Waals surface area contributed by atoms with Crippen molar-refractivity contribution in [2.45, 2.75) is 264 Å². The van der Waals surface area contributed by atoms with Crippen LogP contribution in [0.25, 0.3) is 0 Å². The summed E-state index contributed by atoms with van der Waals surface area (Å²) in [5, 5.41) is 23.7. The van der Waals surface area contributed by atoms with Crippen molar-refractivity contribution in [3.63, 3.8) is 0 Å². The maximum absolute atomic E-state index is 13.2. The zero-order chi connectivity index (χ0) is 42.4. The summed E-state index contributed by atoms with van der Waals surface area (Å²) in [5.41, 5.74) is 0. The third kappa shape index (κ3) is 40.6. The largest absolute Gasteiger partial charge is 0.462 e.